The first-order chi connectivity index (χ1) is 8.49. The minimum atomic E-state index is -0.452. The Labute approximate surface area is 114 Å². The predicted octanol–water partition coefficient (Wildman–Crippen LogP) is 3.40. The van der Waals surface area contributed by atoms with Crippen LogP contribution in [0.5, 0.6) is 0 Å². The minimum absolute atomic E-state index is 0.0561. The van der Waals surface area contributed by atoms with Gasteiger partial charge in [-0.25, -0.2) is 0 Å². The topological polar surface area (TPSA) is 29.5 Å². The monoisotopic (exact) mass is 269 g/mol. The number of hydrogen-bond donors (Lipinski definition) is 0. The lowest BCUT2D eigenvalue weighted by Crippen LogP contribution is -2.41. The van der Waals surface area contributed by atoms with Gasteiger partial charge in [-0.05, 0) is 30.2 Å². The van der Waals surface area contributed by atoms with Gasteiger partial charge in [-0.2, -0.15) is 4.42 Å². The summed E-state index contributed by atoms with van der Waals surface area (Å²) in [5.74, 6) is -0.219. The third kappa shape index (κ3) is 3.47. The smallest absolute Gasteiger partial charge is 0.324 e. The van der Waals surface area contributed by atoms with Crippen molar-refractivity contribution in [3.05, 3.63) is 35.9 Å². The van der Waals surface area contributed by atoms with Crippen molar-refractivity contribution in [1.29, 1.82) is 0 Å². The second-order valence-electron chi connectivity index (χ2n) is 4.64. The first kappa shape index (κ1) is 15.0. The second kappa shape index (κ2) is 6.76. The summed E-state index contributed by atoms with van der Waals surface area (Å²) in [5, 5.41) is 0. The highest BCUT2D eigenvalue weighted by Gasteiger charge is 2.32. The summed E-state index contributed by atoms with van der Waals surface area (Å²) in [4.78, 5) is 11.8. The lowest BCUT2D eigenvalue weighted by molar-refractivity contribution is -0.147. The number of nitrogens with zero attached hydrogens (tertiary/aromatic N) is 1. The van der Waals surface area contributed by atoms with E-state index in [9.17, 15) is 4.79 Å². The Morgan fingerprint density at radius 2 is 1.78 bits per heavy atom. The van der Waals surface area contributed by atoms with Crippen molar-refractivity contribution in [1.82, 2.24) is 4.42 Å². The lowest BCUT2D eigenvalue weighted by Gasteiger charge is -2.31. The van der Waals surface area contributed by atoms with Gasteiger partial charge < -0.3 is 4.74 Å². The number of carbonyl (C=O) groups is 1. The number of carbonyl (C=O) groups excluding carboxylic acids is 1. The van der Waals surface area contributed by atoms with Crippen LogP contribution in [0.25, 0.3) is 0 Å². The summed E-state index contributed by atoms with van der Waals surface area (Å²) < 4.78 is 6.36. The zero-order valence-electron chi connectivity index (χ0n) is 11.3. The van der Waals surface area contributed by atoms with Gasteiger partial charge in [-0.15, -0.1) is 0 Å². The molecule has 0 spiro atoms. The molecule has 0 amide bonds. The van der Waals surface area contributed by atoms with Gasteiger partial charge in [0.05, 0.1) is 7.11 Å². The van der Waals surface area contributed by atoms with E-state index < -0.39 is 6.04 Å². The van der Waals surface area contributed by atoms with Crippen LogP contribution < -0.4 is 0 Å². The van der Waals surface area contributed by atoms with Crippen molar-refractivity contribution in [2.45, 2.75) is 32.9 Å². The Morgan fingerprint density at radius 1 is 1.22 bits per heavy atom. The van der Waals surface area contributed by atoms with E-state index in [0.29, 0.717) is 0 Å². The van der Waals surface area contributed by atoms with Gasteiger partial charge in [-0.1, -0.05) is 44.2 Å². The molecule has 0 aliphatic carbocycles. The van der Waals surface area contributed by atoms with Gasteiger partial charge in [0.1, 0.15) is 6.04 Å². The van der Waals surface area contributed by atoms with Crippen LogP contribution in [0, 0.1) is 5.92 Å². The normalized spacial score (nSPS) is 14.6. The molecule has 0 aromatic heterocycles. The first-order valence-corrected chi connectivity index (χ1v) is 6.39. The minimum Gasteiger partial charge on any atom is -0.468 e. The molecule has 3 nitrogen and oxygen atoms in total. The van der Waals surface area contributed by atoms with Gasteiger partial charge in [0.25, 0.3) is 0 Å². The first-order valence-electron chi connectivity index (χ1n) is 6.06. The molecule has 0 N–H and O–H groups in total. The van der Waals surface area contributed by atoms with E-state index in [-0.39, 0.29) is 17.9 Å². The highest BCUT2D eigenvalue weighted by atomic mass is 35.5. The molecule has 0 radical (unpaired) electrons. The molecule has 0 aliphatic rings. The molecule has 1 aromatic rings. The molecule has 4 heteroatoms. The van der Waals surface area contributed by atoms with Crippen molar-refractivity contribution in [2.75, 3.05) is 7.11 Å². The van der Waals surface area contributed by atoms with Crippen molar-refractivity contribution in [2.24, 2.45) is 5.92 Å². The van der Waals surface area contributed by atoms with E-state index in [0.717, 1.165) is 5.56 Å². The molecule has 0 fully saturated rings. The third-order valence-corrected chi connectivity index (χ3v) is 3.49. The Kier molecular flexibility index (Phi) is 5.63. The van der Waals surface area contributed by atoms with E-state index in [2.05, 4.69) is 0 Å². The largest absolute Gasteiger partial charge is 0.468 e. The standard InChI is InChI=1S/C14H20ClNO2/c1-10(2)13(14(17)18-4)16(15)11(3)12-8-6-5-7-9-12/h5-11,13H,1-4H3/t11-,13-/m0/s1. The summed E-state index contributed by atoms with van der Waals surface area (Å²) in [6.07, 6.45) is 0. The van der Waals surface area contributed by atoms with E-state index in [1.54, 1.807) is 4.42 Å². The van der Waals surface area contributed by atoms with Crippen molar-refractivity contribution in [3.8, 4) is 0 Å². The van der Waals surface area contributed by atoms with Gasteiger partial charge in [-0.3, -0.25) is 4.79 Å². The van der Waals surface area contributed by atoms with E-state index >= 15 is 0 Å². The van der Waals surface area contributed by atoms with Crippen LogP contribution in [0.2, 0.25) is 0 Å². The number of halogens is 1. The van der Waals surface area contributed by atoms with Crippen LogP contribution in [0.3, 0.4) is 0 Å². The van der Waals surface area contributed by atoms with Crippen LogP contribution >= 0.6 is 11.8 Å². The van der Waals surface area contributed by atoms with Crippen LogP contribution in [0.4, 0.5) is 0 Å². The number of esters is 1. The molecular formula is C14H20ClNO2. The van der Waals surface area contributed by atoms with Crippen LogP contribution in [-0.2, 0) is 9.53 Å². The summed E-state index contributed by atoms with van der Waals surface area (Å²) in [5.41, 5.74) is 1.07. The summed E-state index contributed by atoms with van der Waals surface area (Å²) >= 11 is 6.33. The quantitative estimate of drug-likeness (QED) is 0.606. The number of ether oxygens (including phenoxy) is 1. The van der Waals surface area contributed by atoms with Crippen LogP contribution in [0.1, 0.15) is 32.4 Å². The molecule has 0 saturated carbocycles. The maximum absolute atomic E-state index is 11.8. The number of methoxy groups -OCH3 is 1. The third-order valence-electron chi connectivity index (χ3n) is 2.99. The molecular weight excluding hydrogens is 250 g/mol. The highest BCUT2D eigenvalue weighted by Crippen LogP contribution is 2.27. The molecule has 1 aromatic carbocycles. The van der Waals surface area contributed by atoms with E-state index in [1.807, 2.05) is 51.1 Å². The Morgan fingerprint density at radius 3 is 2.22 bits per heavy atom. The van der Waals surface area contributed by atoms with E-state index in [1.165, 1.54) is 7.11 Å². The molecule has 0 bridgehead atoms. The lowest BCUT2D eigenvalue weighted by atomic mass is 10.0. The molecule has 0 unspecified atom stereocenters. The maximum Gasteiger partial charge on any atom is 0.324 e. The Hall–Kier alpha value is -1.06. The van der Waals surface area contributed by atoms with Crippen LogP contribution in [0.15, 0.2) is 30.3 Å². The van der Waals surface area contributed by atoms with Crippen molar-refractivity contribution in [3.63, 3.8) is 0 Å². The van der Waals surface area contributed by atoms with Crippen LogP contribution in [-0.4, -0.2) is 23.5 Å². The van der Waals surface area contributed by atoms with Gasteiger partial charge in [0, 0.05) is 6.04 Å². The number of benzene rings is 1. The number of hydrogen-bond acceptors (Lipinski definition) is 3. The molecule has 2 atom stereocenters. The Bertz CT molecular complexity index is 381. The number of rotatable bonds is 5. The fourth-order valence-corrected chi connectivity index (χ4v) is 2.31. The zero-order chi connectivity index (χ0) is 13.7. The molecule has 0 saturated heterocycles. The van der Waals surface area contributed by atoms with Gasteiger partial charge in [0.2, 0.25) is 0 Å². The van der Waals surface area contributed by atoms with Crippen molar-refractivity contribution < 1.29 is 9.53 Å². The zero-order valence-corrected chi connectivity index (χ0v) is 12.0. The second-order valence-corrected chi connectivity index (χ2v) is 5.03. The molecule has 100 valence electrons. The average Bonchev–Trinajstić information content (AvgIpc) is 2.38. The maximum atomic E-state index is 11.8. The molecule has 18 heavy (non-hydrogen) atoms. The molecule has 0 aliphatic heterocycles. The fraction of sp³-hybridized carbons (Fsp3) is 0.500. The highest BCUT2D eigenvalue weighted by molar-refractivity contribution is 6.15. The van der Waals surface area contributed by atoms with Gasteiger partial charge >= 0.3 is 5.97 Å². The molecule has 0 heterocycles. The molecule has 1 rings (SSSR count). The fourth-order valence-electron chi connectivity index (χ4n) is 1.89. The van der Waals surface area contributed by atoms with E-state index in [4.69, 9.17) is 16.5 Å². The predicted molar refractivity (Wildman–Crippen MR) is 73.2 cm³/mol. The summed E-state index contributed by atoms with van der Waals surface area (Å²) in [6.45, 7) is 5.88. The van der Waals surface area contributed by atoms with Crippen molar-refractivity contribution >= 4 is 17.7 Å². The average molecular weight is 270 g/mol. The summed E-state index contributed by atoms with van der Waals surface area (Å²) in [7, 11) is 1.38. The van der Waals surface area contributed by atoms with Gasteiger partial charge in [0.15, 0.2) is 0 Å². The SMILES string of the molecule is COC(=O)[C@H](C(C)C)N(Cl)[C@@H](C)c1ccccc1. The Balaban J connectivity index is 2.90. The summed E-state index contributed by atoms with van der Waals surface area (Å²) in [6, 6.07) is 9.35.